The highest BCUT2D eigenvalue weighted by Crippen LogP contribution is 2.28. The number of hydrogen-bond donors (Lipinski definition) is 3. The topological polar surface area (TPSA) is 108 Å². The molecular weight excluding hydrogens is 422 g/mol. The van der Waals surface area contributed by atoms with Gasteiger partial charge in [-0.25, -0.2) is 5.43 Å². The highest BCUT2D eigenvalue weighted by molar-refractivity contribution is 5.98. The summed E-state index contributed by atoms with van der Waals surface area (Å²) in [7, 11) is 1.61. The number of nitrogens with zero attached hydrogens (tertiary/aromatic N) is 3. The van der Waals surface area contributed by atoms with Gasteiger partial charge >= 0.3 is 0 Å². The van der Waals surface area contributed by atoms with Crippen LogP contribution >= 0.6 is 0 Å². The van der Waals surface area contributed by atoms with Crippen molar-refractivity contribution < 1.29 is 19.4 Å². The molecule has 0 fully saturated rings. The number of hydrazine groups is 1. The van der Waals surface area contributed by atoms with Gasteiger partial charge in [0.2, 0.25) is 11.9 Å². The Kier molecular flexibility index (Phi) is 9.19. The van der Waals surface area contributed by atoms with Crippen LogP contribution in [0.3, 0.4) is 0 Å². The van der Waals surface area contributed by atoms with Crippen LogP contribution in [0.4, 0.5) is 0 Å². The lowest BCUT2D eigenvalue weighted by Crippen LogP contribution is -2.48. The van der Waals surface area contributed by atoms with Crippen LogP contribution in [0.2, 0.25) is 0 Å². The average molecular weight is 458 g/mol. The van der Waals surface area contributed by atoms with Crippen molar-refractivity contribution in [1.29, 1.82) is 0 Å². The molecule has 33 heavy (non-hydrogen) atoms. The van der Waals surface area contributed by atoms with Crippen molar-refractivity contribution in [1.82, 2.24) is 15.9 Å². The number of rotatable bonds is 8. The summed E-state index contributed by atoms with van der Waals surface area (Å²) in [6.45, 7) is 14.6. The van der Waals surface area contributed by atoms with Gasteiger partial charge in [-0.15, -0.1) is 5.10 Å². The van der Waals surface area contributed by atoms with Crippen LogP contribution in [0.5, 0.6) is 5.75 Å². The molecular formula is C24H35N5O4. The summed E-state index contributed by atoms with van der Waals surface area (Å²) < 4.78 is 11.1. The molecule has 0 spiro atoms. The van der Waals surface area contributed by atoms with Crippen molar-refractivity contribution in [3.8, 4) is 5.75 Å². The maximum atomic E-state index is 12.9. The molecule has 0 saturated heterocycles. The monoisotopic (exact) mass is 457 g/mol. The molecule has 2 rings (SSSR count). The van der Waals surface area contributed by atoms with Crippen LogP contribution in [0.1, 0.15) is 50.5 Å². The lowest BCUT2D eigenvalue weighted by molar-refractivity contribution is 0.0988. The molecule has 0 aliphatic carbocycles. The lowest BCUT2D eigenvalue weighted by atomic mass is 9.85. The van der Waals surface area contributed by atoms with Gasteiger partial charge in [0.1, 0.15) is 12.4 Å². The van der Waals surface area contributed by atoms with Crippen molar-refractivity contribution in [3.63, 3.8) is 0 Å². The Balaban J connectivity index is 2.11. The minimum Gasteiger partial charge on any atom is -0.491 e. The lowest BCUT2D eigenvalue weighted by Gasteiger charge is -2.27. The number of nitrogens with one attached hydrogen (secondary N) is 2. The third kappa shape index (κ3) is 7.16. The van der Waals surface area contributed by atoms with E-state index in [0.29, 0.717) is 35.5 Å². The summed E-state index contributed by atoms with van der Waals surface area (Å²) in [6, 6.07) is 5.44. The van der Waals surface area contributed by atoms with E-state index in [9.17, 15) is 4.79 Å². The molecule has 1 aliphatic heterocycles. The van der Waals surface area contributed by atoms with Crippen molar-refractivity contribution in [2.75, 3.05) is 33.4 Å². The maximum Gasteiger partial charge on any atom is 0.234 e. The summed E-state index contributed by atoms with van der Waals surface area (Å²) in [4.78, 5) is 17.1. The van der Waals surface area contributed by atoms with Gasteiger partial charge in [0.15, 0.2) is 5.78 Å². The predicted molar refractivity (Wildman–Crippen MR) is 130 cm³/mol. The van der Waals surface area contributed by atoms with Crippen LogP contribution in [-0.2, 0) is 10.2 Å². The Hall–Kier alpha value is -3.17. The van der Waals surface area contributed by atoms with E-state index in [1.807, 2.05) is 32.1 Å². The molecule has 0 aromatic heterocycles. The van der Waals surface area contributed by atoms with Gasteiger partial charge in [-0.2, -0.15) is 5.01 Å². The zero-order chi connectivity index (χ0) is 24.6. The number of hydrazone groups is 1. The third-order valence-electron chi connectivity index (χ3n) is 4.86. The zero-order valence-electron chi connectivity index (χ0n) is 20.4. The quantitative estimate of drug-likeness (QED) is 0.238. The second-order valence-corrected chi connectivity index (χ2v) is 8.47. The first-order chi connectivity index (χ1) is 15.6. The van der Waals surface area contributed by atoms with Crippen molar-refractivity contribution in [2.45, 2.75) is 40.0 Å². The summed E-state index contributed by atoms with van der Waals surface area (Å²) >= 11 is 0. The van der Waals surface area contributed by atoms with E-state index >= 15 is 0 Å². The minimum absolute atomic E-state index is 0.00320. The summed E-state index contributed by atoms with van der Waals surface area (Å²) in [5.74, 6) is 1.24. The molecule has 1 heterocycles. The number of hydrogen-bond acceptors (Lipinski definition) is 7. The van der Waals surface area contributed by atoms with Crippen molar-refractivity contribution in [3.05, 3.63) is 53.3 Å². The molecule has 0 bridgehead atoms. The van der Waals surface area contributed by atoms with Gasteiger partial charge in [0.25, 0.3) is 0 Å². The van der Waals surface area contributed by atoms with E-state index in [1.165, 1.54) is 5.01 Å². The maximum absolute atomic E-state index is 12.9. The number of ketones is 1. The summed E-state index contributed by atoms with van der Waals surface area (Å²) in [6.07, 6.45) is 1.81. The Bertz CT molecular complexity index is 960. The number of guanidine groups is 1. The molecule has 180 valence electrons. The number of carbonyl (C=O) groups is 1. The number of allylic oxidation sites excluding steroid dienone is 1. The SMILES string of the molecule is C=C1C(C)=CC(OCC)=NN1C(=NC)NNCC(=O)c1cc(OCCO)cc(C(C)(C)C)c1. The molecule has 1 aliphatic rings. The van der Waals surface area contributed by atoms with Gasteiger partial charge in [0.05, 0.1) is 25.5 Å². The van der Waals surface area contributed by atoms with Crippen LogP contribution in [0, 0.1) is 0 Å². The molecule has 3 N–H and O–H groups in total. The fraction of sp³-hybridized carbons (Fsp3) is 0.458. The molecule has 1 aromatic rings. The summed E-state index contributed by atoms with van der Waals surface area (Å²) in [5.41, 5.74) is 8.69. The second-order valence-electron chi connectivity index (χ2n) is 8.47. The highest BCUT2D eigenvalue weighted by atomic mass is 16.5. The number of aliphatic imine (C=N–C) groups is 1. The largest absolute Gasteiger partial charge is 0.491 e. The Morgan fingerprint density at radius 2 is 2.00 bits per heavy atom. The number of ether oxygens (including phenoxy) is 2. The molecule has 0 radical (unpaired) electrons. The first-order valence-corrected chi connectivity index (χ1v) is 10.9. The van der Waals surface area contributed by atoms with Crippen LogP contribution in [0.15, 0.2) is 52.2 Å². The number of carbonyl (C=O) groups excluding carboxylic acids is 1. The summed E-state index contributed by atoms with van der Waals surface area (Å²) in [5, 5.41) is 15.0. The van der Waals surface area contributed by atoms with Gasteiger partial charge < -0.3 is 14.6 Å². The minimum atomic E-state index is -0.169. The standard InChI is InChI=1S/C24H35N5O4/c1-8-32-22-11-16(2)17(3)29(28-22)23(25-7)27-26-15-21(31)18-12-19(24(4,5)6)14-20(13-18)33-10-9-30/h11-14,26,30H,3,8-10,15H2,1-2,4-7H3,(H,25,27). The molecule has 0 atom stereocenters. The number of Topliss-reactive ketones (excluding diaryl/α,β-unsaturated/α-hetero) is 1. The van der Waals surface area contributed by atoms with Gasteiger partial charge in [-0.05, 0) is 48.6 Å². The molecule has 1 aromatic carbocycles. The van der Waals surface area contributed by atoms with Crippen molar-refractivity contribution in [2.24, 2.45) is 10.1 Å². The van der Waals surface area contributed by atoms with Crippen LogP contribution in [-0.4, -0.2) is 61.2 Å². The second kappa shape index (κ2) is 11.6. The third-order valence-corrected chi connectivity index (χ3v) is 4.86. The number of aliphatic hydroxyl groups excluding tert-OH is 1. The number of benzene rings is 1. The fourth-order valence-corrected chi connectivity index (χ4v) is 2.97. The van der Waals surface area contributed by atoms with E-state index in [0.717, 1.165) is 11.1 Å². The van der Waals surface area contributed by atoms with Gasteiger partial charge in [-0.1, -0.05) is 27.4 Å². The van der Waals surface area contributed by atoms with Gasteiger partial charge in [0, 0.05) is 18.7 Å². The van der Waals surface area contributed by atoms with Gasteiger partial charge in [-0.3, -0.25) is 15.2 Å². The predicted octanol–water partition coefficient (Wildman–Crippen LogP) is 2.74. The Morgan fingerprint density at radius 1 is 1.27 bits per heavy atom. The molecule has 9 nitrogen and oxygen atoms in total. The first kappa shape index (κ1) is 26.1. The molecule has 0 amide bonds. The molecule has 0 saturated carbocycles. The van der Waals surface area contributed by atoms with Crippen LogP contribution < -0.4 is 15.6 Å². The van der Waals surface area contributed by atoms with E-state index in [4.69, 9.17) is 14.6 Å². The van der Waals surface area contributed by atoms with E-state index < -0.39 is 0 Å². The van der Waals surface area contributed by atoms with Crippen LogP contribution in [0.25, 0.3) is 0 Å². The smallest absolute Gasteiger partial charge is 0.234 e. The average Bonchev–Trinajstić information content (AvgIpc) is 2.77. The molecule has 0 unspecified atom stereocenters. The Morgan fingerprint density at radius 3 is 2.61 bits per heavy atom. The fourth-order valence-electron chi connectivity index (χ4n) is 2.97. The number of aliphatic hydroxyl groups is 1. The van der Waals surface area contributed by atoms with Crippen molar-refractivity contribution >= 4 is 17.6 Å². The van der Waals surface area contributed by atoms with E-state index in [-0.39, 0.29) is 31.0 Å². The Labute approximate surface area is 195 Å². The van der Waals surface area contributed by atoms with E-state index in [2.05, 4.69) is 48.3 Å². The first-order valence-electron chi connectivity index (χ1n) is 10.9. The zero-order valence-corrected chi connectivity index (χ0v) is 20.4. The molecule has 9 heteroatoms. The highest BCUT2D eigenvalue weighted by Gasteiger charge is 2.22. The van der Waals surface area contributed by atoms with E-state index in [1.54, 1.807) is 13.1 Å². The normalized spacial score (nSPS) is 14.6.